The maximum atomic E-state index is 6.30. The van der Waals surface area contributed by atoms with Gasteiger partial charge in [-0.2, -0.15) is 0 Å². The molecule has 1 atom stereocenters. The zero-order chi connectivity index (χ0) is 13.9. The van der Waals surface area contributed by atoms with Gasteiger partial charge in [0, 0.05) is 8.00 Å². The Labute approximate surface area is 154 Å². The van der Waals surface area contributed by atoms with E-state index in [2.05, 4.69) is 117 Å². The van der Waals surface area contributed by atoms with Gasteiger partial charge in [-0.05, 0) is 75.9 Å². The lowest BCUT2D eigenvalue weighted by molar-refractivity contribution is 0.116. The summed E-state index contributed by atoms with van der Waals surface area (Å²) in [5.74, 6) is 0.948. The molecular weight excluding hydrogens is 577 g/mol. The molecule has 0 radical (unpaired) electrons. The van der Waals surface area contributed by atoms with Crippen molar-refractivity contribution >= 4 is 67.8 Å². The average molecular weight is 590 g/mol. The van der Waals surface area contributed by atoms with Crippen LogP contribution in [0.5, 0.6) is 5.75 Å². The summed E-state index contributed by atoms with van der Waals surface area (Å²) in [5, 5.41) is 0. The molecule has 0 heterocycles. The van der Waals surface area contributed by atoms with Crippen molar-refractivity contribution in [3.05, 3.63) is 61.2 Å². The molecule has 0 amide bonds. The van der Waals surface area contributed by atoms with Gasteiger partial charge in [0.25, 0.3) is 0 Å². The first-order valence-electron chi connectivity index (χ1n) is 5.81. The summed E-state index contributed by atoms with van der Waals surface area (Å²) in [6.07, 6.45) is 0. The number of hydrogen-bond acceptors (Lipinski definition) is 1. The lowest BCUT2D eigenvalue weighted by atomic mass is 9.98. The summed E-state index contributed by atoms with van der Waals surface area (Å²) in [6, 6.07) is 16.7. The zero-order valence-corrected chi connectivity index (χ0v) is 16.8. The summed E-state index contributed by atoms with van der Waals surface area (Å²) < 4.78 is 9.58. The van der Waals surface area contributed by atoms with Crippen LogP contribution in [0.15, 0.2) is 48.5 Å². The summed E-state index contributed by atoms with van der Waals surface area (Å²) in [5.41, 5.74) is 0.910. The SMILES string of the molecule is C[C@@](CI)(Oc1ccc(I)cc1I)c1ccccc1. The van der Waals surface area contributed by atoms with Crippen LogP contribution in [-0.2, 0) is 5.60 Å². The fourth-order valence-electron chi connectivity index (χ4n) is 1.75. The maximum absolute atomic E-state index is 6.30. The van der Waals surface area contributed by atoms with E-state index in [-0.39, 0.29) is 5.60 Å². The molecular formula is C15H13I3O. The molecule has 0 aliphatic rings. The van der Waals surface area contributed by atoms with Crippen LogP contribution in [0.3, 0.4) is 0 Å². The van der Waals surface area contributed by atoms with Gasteiger partial charge in [-0.3, -0.25) is 0 Å². The van der Waals surface area contributed by atoms with Crippen LogP contribution in [0, 0.1) is 7.14 Å². The zero-order valence-electron chi connectivity index (χ0n) is 10.4. The van der Waals surface area contributed by atoms with Crippen LogP contribution in [-0.4, -0.2) is 4.43 Å². The summed E-state index contributed by atoms with van der Waals surface area (Å²) in [6.45, 7) is 2.14. The highest BCUT2D eigenvalue weighted by atomic mass is 127. The molecule has 0 N–H and O–H groups in total. The predicted octanol–water partition coefficient (Wildman–Crippen LogP) is 5.63. The van der Waals surface area contributed by atoms with E-state index in [1.54, 1.807) is 0 Å². The van der Waals surface area contributed by atoms with Crippen molar-refractivity contribution < 1.29 is 4.74 Å². The molecule has 0 unspecified atom stereocenters. The van der Waals surface area contributed by atoms with Crippen molar-refractivity contribution in [3.8, 4) is 5.75 Å². The Bertz CT molecular complexity index is 557. The van der Waals surface area contributed by atoms with E-state index < -0.39 is 0 Å². The van der Waals surface area contributed by atoms with Gasteiger partial charge < -0.3 is 4.74 Å². The predicted molar refractivity (Wildman–Crippen MR) is 105 cm³/mol. The Morgan fingerprint density at radius 2 is 1.74 bits per heavy atom. The molecule has 100 valence electrons. The Kier molecular flexibility index (Phi) is 5.77. The minimum Gasteiger partial charge on any atom is -0.481 e. The van der Waals surface area contributed by atoms with Crippen molar-refractivity contribution in [2.45, 2.75) is 12.5 Å². The molecule has 4 heteroatoms. The molecule has 0 aromatic heterocycles. The summed E-state index contributed by atoms with van der Waals surface area (Å²) in [4.78, 5) is 0. The van der Waals surface area contributed by atoms with Crippen molar-refractivity contribution in [1.82, 2.24) is 0 Å². The van der Waals surface area contributed by atoms with Crippen LogP contribution in [0.2, 0.25) is 0 Å². The van der Waals surface area contributed by atoms with Crippen molar-refractivity contribution in [3.63, 3.8) is 0 Å². The fourth-order valence-corrected chi connectivity index (χ4v) is 4.06. The first kappa shape index (κ1) is 15.8. The van der Waals surface area contributed by atoms with Gasteiger partial charge in [0.15, 0.2) is 0 Å². The number of benzene rings is 2. The second-order valence-corrected chi connectivity index (χ2v) is 7.58. The quantitative estimate of drug-likeness (QED) is 0.332. The van der Waals surface area contributed by atoms with Crippen LogP contribution in [0.4, 0.5) is 0 Å². The Balaban J connectivity index is 2.33. The second-order valence-electron chi connectivity index (χ2n) is 4.41. The Hall–Kier alpha value is 0.430. The van der Waals surface area contributed by atoms with Crippen LogP contribution < -0.4 is 4.74 Å². The molecule has 0 spiro atoms. The molecule has 0 aliphatic heterocycles. The monoisotopic (exact) mass is 590 g/mol. The molecule has 2 aromatic rings. The van der Waals surface area contributed by atoms with E-state index in [9.17, 15) is 0 Å². The van der Waals surface area contributed by atoms with Crippen LogP contribution in [0.25, 0.3) is 0 Å². The highest BCUT2D eigenvalue weighted by Gasteiger charge is 2.28. The number of ether oxygens (including phenoxy) is 1. The van der Waals surface area contributed by atoms with Gasteiger partial charge in [0.1, 0.15) is 11.4 Å². The van der Waals surface area contributed by atoms with Gasteiger partial charge in [-0.15, -0.1) is 0 Å². The molecule has 1 nitrogen and oxygen atoms in total. The third-order valence-electron chi connectivity index (χ3n) is 2.87. The lowest BCUT2D eigenvalue weighted by Gasteiger charge is -2.30. The van der Waals surface area contributed by atoms with E-state index in [0.29, 0.717) is 0 Å². The lowest BCUT2D eigenvalue weighted by Crippen LogP contribution is -2.31. The van der Waals surface area contributed by atoms with Gasteiger partial charge in [-0.25, -0.2) is 0 Å². The highest BCUT2D eigenvalue weighted by molar-refractivity contribution is 14.1. The van der Waals surface area contributed by atoms with E-state index in [1.165, 1.54) is 9.13 Å². The number of hydrogen-bond donors (Lipinski definition) is 0. The fraction of sp³-hybridized carbons (Fsp3) is 0.200. The number of rotatable bonds is 4. The van der Waals surface area contributed by atoms with Gasteiger partial charge in [0.2, 0.25) is 0 Å². The Morgan fingerprint density at radius 3 is 2.32 bits per heavy atom. The van der Waals surface area contributed by atoms with Gasteiger partial charge >= 0.3 is 0 Å². The molecule has 0 aliphatic carbocycles. The van der Waals surface area contributed by atoms with E-state index in [4.69, 9.17) is 4.74 Å². The molecule has 0 saturated carbocycles. The maximum Gasteiger partial charge on any atom is 0.140 e. The first-order chi connectivity index (χ1) is 9.05. The van der Waals surface area contributed by atoms with Gasteiger partial charge in [0.05, 0.1) is 3.57 Å². The minimum atomic E-state index is -0.297. The average Bonchev–Trinajstić information content (AvgIpc) is 2.43. The molecule has 0 bridgehead atoms. The molecule has 0 fully saturated rings. The van der Waals surface area contributed by atoms with Crippen molar-refractivity contribution in [1.29, 1.82) is 0 Å². The number of alkyl halides is 1. The third-order valence-corrected chi connectivity index (χ3v) is 5.84. The summed E-state index contributed by atoms with van der Waals surface area (Å²) >= 11 is 7.03. The number of halogens is 3. The largest absolute Gasteiger partial charge is 0.481 e. The molecule has 2 rings (SSSR count). The first-order valence-corrected chi connectivity index (χ1v) is 9.49. The molecule has 2 aromatic carbocycles. The van der Waals surface area contributed by atoms with Crippen molar-refractivity contribution in [2.24, 2.45) is 0 Å². The Morgan fingerprint density at radius 1 is 1.05 bits per heavy atom. The standard InChI is InChI=1S/C15H13I3O/c1-15(10-16,11-5-3-2-4-6-11)19-14-8-7-12(17)9-13(14)18/h2-9H,10H2,1H3/t15-/m0/s1. The minimum absolute atomic E-state index is 0.297. The normalized spacial score (nSPS) is 13.9. The van der Waals surface area contributed by atoms with E-state index >= 15 is 0 Å². The van der Waals surface area contributed by atoms with Crippen LogP contribution >= 0.6 is 67.8 Å². The van der Waals surface area contributed by atoms with E-state index in [1.807, 2.05) is 6.07 Å². The van der Waals surface area contributed by atoms with Crippen LogP contribution in [0.1, 0.15) is 12.5 Å². The highest BCUT2D eigenvalue weighted by Crippen LogP contribution is 2.33. The van der Waals surface area contributed by atoms with E-state index in [0.717, 1.165) is 13.7 Å². The molecule has 19 heavy (non-hydrogen) atoms. The third kappa shape index (κ3) is 3.96. The van der Waals surface area contributed by atoms with Gasteiger partial charge in [-0.1, -0.05) is 52.9 Å². The second kappa shape index (κ2) is 6.93. The smallest absolute Gasteiger partial charge is 0.140 e. The summed E-state index contributed by atoms with van der Waals surface area (Å²) in [7, 11) is 0. The van der Waals surface area contributed by atoms with Crippen molar-refractivity contribution in [2.75, 3.05) is 4.43 Å². The molecule has 0 saturated heterocycles. The topological polar surface area (TPSA) is 9.23 Å².